The molecule has 0 spiro atoms. The highest BCUT2D eigenvalue weighted by molar-refractivity contribution is 6.23. The fourth-order valence-electron chi connectivity index (χ4n) is 2.97. The summed E-state index contributed by atoms with van der Waals surface area (Å²) in [7, 11) is 0. The lowest BCUT2D eigenvalue weighted by Crippen LogP contribution is -2.37. The van der Waals surface area contributed by atoms with Crippen LogP contribution in [0, 0.1) is 0 Å². The summed E-state index contributed by atoms with van der Waals surface area (Å²) in [5, 5.41) is 0. The zero-order valence-corrected chi connectivity index (χ0v) is 15.4. The van der Waals surface area contributed by atoms with Crippen LogP contribution < -0.4 is 10.5 Å². The molecule has 0 aliphatic carbocycles. The van der Waals surface area contributed by atoms with Crippen LogP contribution in [0.4, 0.5) is 0 Å². The number of rotatable bonds is 10. The van der Waals surface area contributed by atoms with E-state index >= 15 is 0 Å². The first-order chi connectivity index (χ1) is 13.6. The number of nitrogens with zero attached hydrogens (tertiary/aromatic N) is 1. The molecule has 0 fully saturated rings. The van der Waals surface area contributed by atoms with Crippen LogP contribution in [-0.4, -0.2) is 42.4 Å². The predicted octanol–water partition coefficient (Wildman–Crippen LogP) is 2.14. The van der Waals surface area contributed by atoms with Gasteiger partial charge in [0.15, 0.2) is 0 Å². The molecule has 2 aromatic carbocycles. The molecule has 0 saturated carbocycles. The number of benzene rings is 2. The molecule has 7 nitrogen and oxygen atoms in total. The topological polar surface area (TPSA) is 98.9 Å². The third-order valence-electron chi connectivity index (χ3n) is 4.33. The van der Waals surface area contributed by atoms with E-state index in [9.17, 15) is 14.4 Å². The normalized spacial score (nSPS) is 12.9. The van der Waals surface area contributed by atoms with E-state index in [1.807, 2.05) is 30.3 Å². The lowest BCUT2D eigenvalue weighted by atomic mass is 10.1. The Morgan fingerprint density at radius 1 is 0.929 bits per heavy atom. The van der Waals surface area contributed by atoms with Crippen molar-refractivity contribution in [3.63, 3.8) is 0 Å². The number of hydrogen-bond acceptors (Lipinski definition) is 5. The van der Waals surface area contributed by atoms with Crippen molar-refractivity contribution in [1.82, 2.24) is 4.90 Å². The SMILES string of the molecule is NC(=O)CN1C(=O)c2cccc(OCCCCOCc3ccccc3)c2C1=O. The summed E-state index contributed by atoms with van der Waals surface area (Å²) in [4.78, 5) is 36.7. The van der Waals surface area contributed by atoms with Crippen molar-refractivity contribution >= 4 is 17.7 Å². The van der Waals surface area contributed by atoms with E-state index in [0.717, 1.165) is 23.3 Å². The van der Waals surface area contributed by atoms with Gasteiger partial charge in [-0.1, -0.05) is 36.4 Å². The summed E-state index contributed by atoms with van der Waals surface area (Å²) in [6.07, 6.45) is 1.55. The van der Waals surface area contributed by atoms with Gasteiger partial charge in [0.1, 0.15) is 12.3 Å². The van der Waals surface area contributed by atoms with Crippen molar-refractivity contribution < 1.29 is 23.9 Å². The maximum absolute atomic E-state index is 12.5. The van der Waals surface area contributed by atoms with Gasteiger partial charge in [0.25, 0.3) is 11.8 Å². The monoisotopic (exact) mass is 382 g/mol. The third-order valence-corrected chi connectivity index (χ3v) is 4.33. The Labute approximate surface area is 163 Å². The van der Waals surface area contributed by atoms with E-state index in [2.05, 4.69) is 0 Å². The third kappa shape index (κ3) is 4.55. The smallest absolute Gasteiger partial charge is 0.265 e. The Bertz CT molecular complexity index is 866. The molecule has 3 rings (SSSR count). The maximum atomic E-state index is 12.5. The van der Waals surface area contributed by atoms with Crippen LogP contribution in [0.2, 0.25) is 0 Å². The molecule has 3 amide bonds. The zero-order chi connectivity index (χ0) is 19.9. The van der Waals surface area contributed by atoms with Crippen molar-refractivity contribution in [1.29, 1.82) is 0 Å². The maximum Gasteiger partial charge on any atom is 0.265 e. The number of unbranched alkanes of at least 4 members (excludes halogenated alkanes) is 1. The van der Waals surface area contributed by atoms with Gasteiger partial charge in [-0.3, -0.25) is 19.3 Å². The molecule has 28 heavy (non-hydrogen) atoms. The van der Waals surface area contributed by atoms with E-state index in [4.69, 9.17) is 15.2 Å². The van der Waals surface area contributed by atoms with Crippen molar-refractivity contribution in [2.75, 3.05) is 19.8 Å². The van der Waals surface area contributed by atoms with E-state index in [1.54, 1.807) is 18.2 Å². The van der Waals surface area contributed by atoms with Gasteiger partial charge in [0.2, 0.25) is 5.91 Å². The highest BCUT2D eigenvalue weighted by atomic mass is 16.5. The standard InChI is InChI=1S/C21H22N2O5/c22-18(24)13-23-20(25)16-9-6-10-17(19(16)21(23)26)28-12-5-4-11-27-14-15-7-2-1-3-8-15/h1-3,6-10H,4-5,11-14H2,(H2,22,24). The number of nitrogens with two attached hydrogens (primary N) is 1. The Balaban J connectivity index is 1.47. The number of ether oxygens (including phenoxy) is 2. The summed E-state index contributed by atoms with van der Waals surface area (Å²) in [6, 6.07) is 14.8. The first kappa shape index (κ1) is 19.6. The highest BCUT2D eigenvalue weighted by Crippen LogP contribution is 2.30. The second kappa shape index (κ2) is 9.14. The predicted molar refractivity (Wildman–Crippen MR) is 102 cm³/mol. The van der Waals surface area contributed by atoms with Gasteiger partial charge in [0.05, 0.1) is 24.3 Å². The fraction of sp³-hybridized carbons (Fsp3) is 0.286. The Morgan fingerprint density at radius 2 is 1.68 bits per heavy atom. The summed E-state index contributed by atoms with van der Waals surface area (Å²) in [6.45, 7) is 1.13. The zero-order valence-electron chi connectivity index (χ0n) is 15.4. The van der Waals surface area contributed by atoms with Crippen LogP contribution in [-0.2, 0) is 16.1 Å². The Kier molecular flexibility index (Phi) is 6.39. The van der Waals surface area contributed by atoms with Crippen LogP contribution in [0.25, 0.3) is 0 Å². The van der Waals surface area contributed by atoms with E-state index in [1.165, 1.54) is 0 Å². The minimum atomic E-state index is -0.743. The minimum absolute atomic E-state index is 0.189. The van der Waals surface area contributed by atoms with Crippen molar-refractivity contribution in [3.05, 3.63) is 65.2 Å². The highest BCUT2D eigenvalue weighted by Gasteiger charge is 2.38. The molecular weight excluding hydrogens is 360 g/mol. The average molecular weight is 382 g/mol. The molecule has 0 aromatic heterocycles. The van der Waals surface area contributed by atoms with Crippen LogP contribution in [0.5, 0.6) is 5.75 Å². The first-order valence-corrected chi connectivity index (χ1v) is 9.10. The number of amides is 3. The number of fused-ring (bicyclic) bond motifs is 1. The second-order valence-electron chi connectivity index (χ2n) is 6.44. The summed E-state index contributed by atoms with van der Waals surface area (Å²) in [5.41, 5.74) is 6.66. The van der Waals surface area contributed by atoms with E-state index in [0.29, 0.717) is 25.6 Å². The summed E-state index contributed by atoms with van der Waals surface area (Å²) in [5.74, 6) is -1.49. The number of carbonyl (C=O) groups excluding carboxylic acids is 3. The van der Waals surface area contributed by atoms with Gasteiger partial charge < -0.3 is 15.2 Å². The van der Waals surface area contributed by atoms with Crippen molar-refractivity contribution in [3.8, 4) is 5.75 Å². The van der Waals surface area contributed by atoms with Crippen LogP contribution in [0.1, 0.15) is 39.1 Å². The molecule has 0 bridgehead atoms. The molecule has 0 radical (unpaired) electrons. The molecule has 2 aromatic rings. The van der Waals surface area contributed by atoms with Gasteiger partial charge >= 0.3 is 0 Å². The Morgan fingerprint density at radius 3 is 2.43 bits per heavy atom. The largest absolute Gasteiger partial charge is 0.493 e. The van der Waals surface area contributed by atoms with Crippen molar-refractivity contribution in [2.45, 2.75) is 19.4 Å². The van der Waals surface area contributed by atoms with Gasteiger partial charge in [-0.15, -0.1) is 0 Å². The van der Waals surface area contributed by atoms with Gasteiger partial charge in [-0.2, -0.15) is 0 Å². The van der Waals surface area contributed by atoms with E-state index < -0.39 is 24.3 Å². The van der Waals surface area contributed by atoms with Crippen molar-refractivity contribution in [2.24, 2.45) is 5.73 Å². The Hall–Kier alpha value is -3.19. The lowest BCUT2D eigenvalue weighted by molar-refractivity contribution is -0.118. The second-order valence-corrected chi connectivity index (χ2v) is 6.44. The molecule has 7 heteroatoms. The number of carbonyl (C=O) groups is 3. The van der Waals surface area contributed by atoms with E-state index in [-0.39, 0.29) is 11.1 Å². The van der Waals surface area contributed by atoms with Gasteiger partial charge in [-0.05, 0) is 30.5 Å². The lowest BCUT2D eigenvalue weighted by Gasteiger charge is -2.11. The van der Waals surface area contributed by atoms with Gasteiger partial charge in [0, 0.05) is 6.61 Å². The minimum Gasteiger partial charge on any atom is -0.493 e. The first-order valence-electron chi connectivity index (χ1n) is 9.10. The summed E-state index contributed by atoms with van der Waals surface area (Å²) >= 11 is 0. The molecule has 146 valence electrons. The van der Waals surface area contributed by atoms with Crippen LogP contribution in [0.3, 0.4) is 0 Å². The fourth-order valence-corrected chi connectivity index (χ4v) is 2.97. The molecule has 0 atom stereocenters. The van der Waals surface area contributed by atoms with Gasteiger partial charge in [-0.25, -0.2) is 0 Å². The number of primary amides is 1. The molecule has 1 heterocycles. The quantitative estimate of drug-likeness (QED) is 0.501. The molecular formula is C21H22N2O5. The molecule has 0 unspecified atom stereocenters. The average Bonchev–Trinajstić information content (AvgIpc) is 2.93. The van der Waals surface area contributed by atoms with Crippen LogP contribution in [0.15, 0.2) is 48.5 Å². The molecule has 2 N–H and O–H groups in total. The number of hydrogen-bond donors (Lipinski definition) is 1. The molecule has 1 aliphatic heterocycles. The number of imide groups is 1. The molecule has 1 aliphatic rings. The van der Waals surface area contributed by atoms with Crippen LogP contribution >= 0.6 is 0 Å². The molecule has 0 saturated heterocycles. The summed E-state index contributed by atoms with van der Waals surface area (Å²) < 4.78 is 11.3.